The first-order valence-corrected chi connectivity index (χ1v) is 8.08. The Bertz CT molecular complexity index is 548. The lowest BCUT2D eigenvalue weighted by Crippen LogP contribution is -2.07. The zero-order valence-electron chi connectivity index (χ0n) is 12.5. The van der Waals surface area contributed by atoms with Gasteiger partial charge in [-0.3, -0.25) is 0 Å². The molecule has 0 spiro atoms. The molecule has 2 aromatic rings. The molecule has 0 fully saturated rings. The van der Waals surface area contributed by atoms with Gasteiger partial charge >= 0.3 is 0 Å². The Hall–Kier alpha value is -1.59. The van der Waals surface area contributed by atoms with Crippen molar-refractivity contribution < 1.29 is 4.74 Å². The van der Waals surface area contributed by atoms with Crippen LogP contribution in [0.2, 0.25) is 0 Å². The number of nitrogens with zero attached hydrogens (tertiary/aromatic N) is 2. The van der Waals surface area contributed by atoms with Crippen molar-refractivity contribution in [3.63, 3.8) is 0 Å². The molecule has 0 unspecified atom stereocenters. The van der Waals surface area contributed by atoms with Crippen molar-refractivity contribution in [1.82, 2.24) is 9.97 Å². The summed E-state index contributed by atoms with van der Waals surface area (Å²) in [5.41, 5.74) is 0.912. The van der Waals surface area contributed by atoms with E-state index in [1.807, 2.05) is 24.3 Å². The van der Waals surface area contributed by atoms with Gasteiger partial charge in [0.1, 0.15) is 11.6 Å². The maximum Gasteiger partial charge on any atom is 0.141 e. The minimum absolute atomic E-state index is 0.506. The first-order valence-electron chi connectivity index (χ1n) is 7.09. The number of thioether (sulfide) groups is 1. The maximum absolute atomic E-state index is 5.18. The monoisotopic (exact) mass is 303 g/mol. The summed E-state index contributed by atoms with van der Waals surface area (Å²) in [6.07, 6.45) is 1.07. The molecule has 0 atom stereocenters. The average molecular weight is 303 g/mol. The highest BCUT2D eigenvalue weighted by molar-refractivity contribution is 7.98. The molecule has 0 aliphatic rings. The Morgan fingerprint density at radius 3 is 2.71 bits per heavy atom. The van der Waals surface area contributed by atoms with Gasteiger partial charge in [0.05, 0.1) is 18.1 Å². The second-order valence-electron chi connectivity index (χ2n) is 4.62. The lowest BCUT2D eigenvalue weighted by Gasteiger charge is -2.09. The number of hydrogen-bond acceptors (Lipinski definition) is 5. The fraction of sp³-hybridized carbons (Fsp3) is 0.375. The molecule has 2 rings (SSSR count). The highest BCUT2D eigenvalue weighted by atomic mass is 32.2. The number of nitrogens with one attached hydrogen (secondary N) is 1. The van der Waals surface area contributed by atoms with Gasteiger partial charge in [-0.1, -0.05) is 25.1 Å². The fourth-order valence-corrected chi connectivity index (χ4v) is 2.62. The van der Waals surface area contributed by atoms with E-state index in [2.05, 4.69) is 34.3 Å². The topological polar surface area (TPSA) is 47.0 Å². The number of rotatable bonds is 8. The van der Waals surface area contributed by atoms with Crippen LogP contribution >= 0.6 is 11.8 Å². The van der Waals surface area contributed by atoms with E-state index in [4.69, 9.17) is 4.74 Å². The van der Waals surface area contributed by atoms with E-state index in [-0.39, 0.29) is 0 Å². The Morgan fingerprint density at radius 2 is 2.00 bits per heavy atom. The molecule has 112 valence electrons. The van der Waals surface area contributed by atoms with E-state index in [1.54, 1.807) is 18.9 Å². The number of hydrogen-bond donors (Lipinski definition) is 1. The van der Waals surface area contributed by atoms with Gasteiger partial charge in [0, 0.05) is 24.6 Å². The molecule has 0 aliphatic carbocycles. The molecule has 1 aromatic carbocycles. The van der Waals surface area contributed by atoms with Crippen LogP contribution in [-0.4, -0.2) is 23.6 Å². The quantitative estimate of drug-likeness (QED) is 0.753. The molecule has 1 N–H and O–H groups in total. The second kappa shape index (κ2) is 8.64. The van der Waals surface area contributed by atoms with Crippen LogP contribution in [0.25, 0.3) is 0 Å². The molecule has 0 aliphatic heterocycles. The van der Waals surface area contributed by atoms with Crippen LogP contribution in [0.15, 0.2) is 41.3 Å². The molecular weight excluding hydrogens is 282 g/mol. The summed E-state index contributed by atoms with van der Waals surface area (Å²) in [4.78, 5) is 10.3. The predicted molar refractivity (Wildman–Crippen MR) is 87.5 cm³/mol. The van der Waals surface area contributed by atoms with Crippen molar-refractivity contribution >= 4 is 17.6 Å². The predicted octanol–water partition coefficient (Wildman–Crippen LogP) is 3.74. The van der Waals surface area contributed by atoms with E-state index in [9.17, 15) is 0 Å². The average Bonchev–Trinajstić information content (AvgIpc) is 2.52. The van der Waals surface area contributed by atoms with Crippen molar-refractivity contribution in [2.45, 2.75) is 30.6 Å². The summed E-state index contributed by atoms with van der Waals surface area (Å²) >= 11 is 1.74. The van der Waals surface area contributed by atoms with Gasteiger partial charge in [0.15, 0.2) is 0 Å². The van der Waals surface area contributed by atoms with Gasteiger partial charge in [0.2, 0.25) is 0 Å². The molecule has 1 heterocycles. The zero-order valence-corrected chi connectivity index (χ0v) is 13.3. The molecule has 5 heteroatoms. The summed E-state index contributed by atoms with van der Waals surface area (Å²) in [6.45, 7) is 3.55. The van der Waals surface area contributed by atoms with E-state index >= 15 is 0 Å². The standard InChI is InChI=1S/C16H21N3OS/c1-3-9-17-15-10-13(11-20-2)18-16(19-15)12-21-14-7-5-4-6-8-14/h4-8,10H,3,9,11-12H2,1-2H3,(H,17,18,19). The third-order valence-electron chi connectivity index (χ3n) is 2.78. The van der Waals surface area contributed by atoms with Crippen molar-refractivity contribution in [2.24, 2.45) is 0 Å². The van der Waals surface area contributed by atoms with E-state index in [0.717, 1.165) is 36.1 Å². The van der Waals surface area contributed by atoms with Gasteiger partial charge in [-0.05, 0) is 18.6 Å². The molecule has 21 heavy (non-hydrogen) atoms. The second-order valence-corrected chi connectivity index (χ2v) is 5.67. The highest BCUT2D eigenvalue weighted by Gasteiger charge is 2.05. The summed E-state index contributed by atoms with van der Waals surface area (Å²) in [6, 6.07) is 12.2. The third-order valence-corrected chi connectivity index (χ3v) is 3.79. The van der Waals surface area contributed by atoms with Crippen LogP contribution in [0, 0.1) is 0 Å². The number of benzene rings is 1. The van der Waals surface area contributed by atoms with E-state index in [0.29, 0.717) is 6.61 Å². The van der Waals surface area contributed by atoms with Gasteiger partial charge in [-0.15, -0.1) is 11.8 Å². The molecule has 1 aromatic heterocycles. The molecule has 0 bridgehead atoms. The van der Waals surface area contributed by atoms with Crippen LogP contribution in [0.4, 0.5) is 5.82 Å². The number of ether oxygens (including phenoxy) is 1. The van der Waals surface area contributed by atoms with Crippen molar-refractivity contribution in [1.29, 1.82) is 0 Å². The van der Waals surface area contributed by atoms with Gasteiger partial charge in [0.25, 0.3) is 0 Å². The van der Waals surface area contributed by atoms with E-state index in [1.165, 1.54) is 4.90 Å². The summed E-state index contributed by atoms with van der Waals surface area (Å²) in [5.74, 6) is 2.46. The van der Waals surface area contributed by atoms with Crippen molar-refractivity contribution in [2.75, 3.05) is 19.0 Å². The number of anilines is 1. The van der Waals surface area contributed by atoms with Crippen molar-refractivity contribution in [3.8, 4) is 0 Å². The van der Waals surface area contributed by atoms with Crippen LogP contribution in [0.5, 0.6) is 0 Å². The number of aromatic nitrogens is 2. The Balaban J connectivity index is 2.07. The maximum atomic E-state index is 5.18. The Morgan fingerprint density at radius 1 is 1.19 bits per heavy atom. The minimum atomic E-state index is 0.506. The van der Waals surface area contributed by atoms with Crippen LogP contribution in [0.3, 0.4) is 0 Å². The van der Waals surface area contributed by atoms with Crippen molar-refractivity contribution in [3.05, 3.63) is 47.9 Å². The summed E-state index contributed by atoms with van der Waals surface area (Å²) in [7, 11) is 1.68. The fourth-order valence-electron chi connectivity index (χ4n) is 1.85. The van der Waals surface area contributed by atoms with Crippen LogP contribution < -0.4 is 5.32 Å². The molecule has 0 saturated heterocycles. The SMILES string of the molecule is CCCNc1cc(COC)nc(CSc2ccccc2)n1. The third kappa shape index (κ3) is 5.36. The summed E-state index contributed by atoms with van der Waals surface area (Å²) < 4.78 is 5.18. The van der Waals surface area contributed by atoms with Gasteiger partial charge in [-0.25, -0.2) is 9.97 Å². The lowest BCUT2D eigenvalue weighted by molar-refractivity contribution is 0.181. The Labute approximate surface area is 130 Å². The van der Waals surface area contributed by atoms with Crippen LogP contribution in [-0.2, 0) is 17.1 Å². The van der Waals surface area contributed by atoms with E-state index < -0.39 is 0 Å². The zero-order chi connectivity index (χ0) is 14.9. The van der Waals surface area contributed by atoms with Gasteiger partial charge < -0.3 is 10.1 Å². The minimum Gasteiger partial charge on any atom is -0.378 e. The smallest absolute Gasteiger partial charge is 0.141 e. The summed E-state index contributed by atoms with van der Waals surface area (Å²) in [5, 5.41) is 3.32. The molecule has 0 amide bonds. The lowest BCUT2D eigenvalue weighted by atomic mass is 10.4. The molecule has 4 nitrogen and oxygen atoms in total. The first kappa shape index (κ1) is 15.8. The highest BCUT2D eigenvalue weighted by Crippen LogP contribution is 2.21. The molecular formula is C16H21N3OS. The van der Waals surface area contributed by atoms with Crippen LogP contribution in [0.1, 0.15) is 24.9 Å². The molecule has 0 radical (unpaired) electrons. The van der Waals surface area contributed by atoms with Gasteiger partial charge in [-0.2, -0.15) is 0 Å². The molecule has 0 saturated carbocycles. The normalized spacial score (nSPS) is 10.6. The first-order chi connectivity index (χ1) is 10.3. The number of methoxy groups -OCH3 is 1. The Kier molecular flexibility index (Phi) is 6.50. The largest absolute Gasteiger partial charge is 0.378 e.